The average Bonchev–Trinajstić information content (AvgIpc) is 3.60. The van der Waals surface area contributed by atoms with Crippen LogP contribution in [0.1, 0.15) is 39.8 Å². The van der Waals surface area contributed by atoms with Crippen LogP contribution in [0, 0.1) is 0 Å². The summed E-state index contributed by atoms with van der Waals surface area (Å²) in [6.07, 6.45) is 2.89. The number of nitrogens with zero attached hydrogens (tertiary/aromatic N) is 1. The monoisotopic (exact) mass is 579 g/mol. The van der Waals surface area contributed by atoms with Crippen LogP contribution in [0.5, 0.6) is 0 Å². The number of hydrogen-bond donors (Lipinski definition) is 2. The molecule has 0 unspecified atom stereocenters. The van der Waals surface area contributed by atoms with E-state index in [2.05, 4.69) is 10.6 Å². The van der Waals surface area contributed by atoms with Crippen molar-refractivity contribution in [1.29, 1.82) is 0 Å². The van der Waals surface area contributed by atoms with E-state index in [0.717, 1.165) is 4.90 Å². The zero-order valence-corrected chi connectivity index (χ0v) is 23.2. The van der Waals surface area contributed by atoms with Gasteiger partial charge in [-0.15, -0.1) is 11.8 Å². The molecule has 0 radical (unpaired) electrons. The molecule has 1 saturated heterocycles. The Bertz CT molecular complexity index is 1680. The summed E-state index contributed by atoms with van der Waals surface area (Å²) in [5.41, 5.74) is 1.68. The van der Waals surface area contributed by atoms with Crippen LogP contribution in [0.25, 0.3) is 6.08 Å². The van der Waals surface area contributed by atoms with Crippen LogP contribution < -0.4 is 15.5 Å². The number of carbonyl (C=O) groups is 5. The second kappa shape index (κ2) is 12.5. The lowest BCUT2D eigenvalue weighted by molar-refractivity contribution is -0.121. The highest BCUT2D eigenvalue weighted by molar-refractivity contribution is 8.00. The third-order valence-corrected chi connectivity index (χ3v) is 7.55. The number of nitrogens with one attached hydrogen (secondary N) is 2. The number of amides is 4. The third kappa shape index (κ3) is 6.56. The van der Waals surface area contributed by atoms with Crippen molar-refractivity contribution in [3.63, 3.8) is 0 Å². The number of hydrogen-bond acceptors (Lipinski definition) is 7. The van der Waals surface area contributed by atoms with Gasteiger partial charge in [-0.25, -0.2) is 4.90 Å². The van der Waals surface area contributed by atoms with Gasteiger partial charge in [-0.1, -0.05) is 24.3 Å². The van der Waals surface area contributed by atoms with E-state index in [-0.39, 0.29) is 29.7 Å². The second-order valence-electron chi connectivity index (χ2n) is 9.36. The Labute approximate surface area is 245 Å². The van der Waals surface area contributed by atoms with E-state index in [9.17, 15) is 24.0 Å². The standard InChI is InChI=1S/C32H25N3O6S/c1-20(36)21-12-14-24(15-13-21)35-29(37)19-28(32(35)40)42-26-11-5-9-23(17-26)33-31(39)27(18-25-10-6-16-41-25)34-30(38)22-7-3-2-4-8-22/h2-18,28H,19H2,1H3,(H,33,39)(H,34,38)/b27-18+/t28-/m0/s1. The number of furan rings is 1. The summed E-state index contributed by atoms with van der Waals surface area (Å²) in [6.45, 7) is 1.45. The minimum atomic E-state index is -0.657. The van der Waals surface area contributed by atoms with Crippen molar-refractivity contribution in [2.75, 3.05) is 10.2 Å². The Morgan fingerprint density at radius 2 is 1.67 bits per heavy atom. The van der Waals surface area contributed by atoms with Gasteiger partial charge in [0, 0.05) is 34.2 Å². The minimum absolute atomic E-state index is 0.0100. The molecule has 42 heavy (non-hydrogen) atoms. The molecule has 10 heteroatoms. The van der Waals surface area contributed by atoms with Crippen LogP contribution in [0.4, 0.5) is 11.4 Å². The van der Waals surface area contributed by atoms with Crippen molar-refractivity contribution in [2.24, 2.45) is 0 Å². The van der Waals surface area contributed by atoms with E-state index in [1.807, 2.05) is 0 Å². The molecule has 0 saturated carbocycles. The van der Waals surface area contributed by atoms with E-state index in [1.165, 1.54) is 31.0 Å². The molecule has 0 aliphatic carbocycles. The fraction of sp³-hybridized carbons (Fsp3) is 0.0938. The molecule has 3 aromatic carbocycles. The molecule has 2 N–H and O–H groups in total. The lowest BCUT2D eigenvalue weighted by atomic mass is 10.1. The van der Waals surface area contributed by atoms with Gasteiger partial charge in [0.15, 0.2) is 5.78 Å². The molecule has 4 amide bonds. The SMILES string of the molecule is CC(=O)c1ccc(N2C(=O)C[C@H](Sc3cccc(NC(=O)/C(=C\c4ccco4)NC(=O)c4ccccc4)c3)C2=O)cc1. The summed E-state index contributed by atoms with van der Waals surface area (Å²) < 4.78 is 5.33. The Balaban J connectivity index is 1.29. The molecule has 1 aromatic heterocycles. The van der Waals surface area contributed by atoms with Gasteiger partial charge in [0.05, 0.1) is 17.2 Å². The average molecular weight is 580 g/mol. The summed E-state index contributed by atoms with van der Waals surface area (Å²) in [5, 5.41) is 4.77. The maximum absolute atomic E-state index is 13.3. The highest BCUT2D eigenvalue weighted by Gasteiger charge is 2.40. The normalized spacial score (nSPS) is 15.0. The van der Waals surface area contributed by atoms with Crippen LogP contribution in [0.2, 0.25) is 0 Å². The number of carbonyl (C=O) groups excluding carboxylic acids is 5. The number of rotatable bonds is 9. The summed E-state index contributed by atoms with van der Waals surface area (Å²) in [6, 6.07) is 25.0. The molecule has 1 fully saturated rings. The second-order valence-corrected chi connectivity index (χ2v) is 10.6. The van der Waals surface area contributed by atoms with Gasteiger partial charge >= 0.3 is 0 Å². The number of Topliss-reactive ketones (excluding diaryl/α,β-unsaturated/α-hetero) is 1. The topological polar surface area (TPSA) is 126 Å². The Morgan fingerprint density at radius 3 is 2.36 bits per heavy atom. The van der Waals surface area contributed by atoms with Crippen LogP contribution >= 0.6 is 11.8 Å². The van der Waals surface area contributed by atoms with Crippen molar-refractivity contribution in [2.45, 2.75) is 23.5 Å². The molecule has 1 atom stereocenters. The summed E-state index contributed by atoms with van der Waals surface area (Å²) in [7, 11) is 0. The molecule has 1 aliphatic rings. The van der Waals surface area contributed by atoms with Gasteiger partial charge in [-0.3, -0.25) is 24.0 Å². The molecule has 4 aromatic rings. The zero-order valence-electron chi connectivity index (χ0n) is 22.4. The molecule has 0 spiro atoms. The van der Waals surface area contributed by atoms with Crippen molar-refractivity contribution in [1.82, 2.24) is 5.32 Å². The Morgan fingerprint density at radius 1 is 0.905 bits per heavy atom. The van der Waals surface area contributed by atoms with Gasteiger partial charge in [0.1, 0.15) is 11.5 Å². The Hall–Kier alpha value is -5.22. The van der Waals surface area contributed by atoms with Crippen LogP contribution in [0.3, 0.4) is 0 Å². The quantitative estimate of drug-likeness (QED) is 0.156. The number of imide groups is 1. The smallest absolute Gasteiger partial charge is 0.272 e. The molecule has 1 aliphatic heterocycles. The largest absolute Gasteiger partial charge is 0.465 e. The first-order valence-electron chi connectivity index (χ1n) is 13.0. The first kappa shape index (κ1) is 28.3. The molecular weight excluding hydrogens is 554 g/mol. The predicted octanol–water partition coefficient (Wildman–Crippen LogP) is 5.32. The molecule has 2 heterocycles. The number of anilines is 2. The van der Waals surface area contributed by atoms with Gasteiger partial charge in [0.25, 0.3) is 11.8 Å². The van der Waals surface area contributed by atoms with E-state index >= 15 is 0 Å². The Kier molecular flexibility index (Phi) is 8.44. The van der Waals surface area contributed by atoms with Crippen molar-refractivity contribution in [3.05, 3.63) is 120 Å². The van der Waals surface area contributed by atoms with Gasteiger partial charge < -0.3 is 15.1 Å². The van der Waals surface area contributed by atoms with Crippen molar-refractivity contribution < 1.29 is 28.4 Å². The third-order valence-electron chi connectivity index (χ3n) is 6.37. The summed E-state index contributed by atoms with van der Waals surface area (Å²) in [5.74, 6) is -1.46. The van der Waals surface area contributed by atoms with Crippen LogP contribution in [-0.4, -0.2) is 34.7 Å². The highest BCUT2D eigenvalue weighted by atomic mass is 32.2. The lowest BCUT2D eigenvalue weighted by Crippen LogP contribution is -2.31. The van der Waals surface area contributed by atoms with Crippen LogP contribution in [0.15, 0.2) is 112 Å². The minimum Gasteiger partial charge on any atom is -0.465 e. The molecule has 0 bridgehead atoms. The molecule has 5 rings (SSSR count). The number of benzene rings is 3. The van der Waals surface area contributed by atoms with E-state index < -0.39 is 17.1 Å². The highest BCUT2D eigenvalue weighted by Crippen LogP contribution is 2.35. The lowest BCUT2D eigenvalue weighted by Gasteiger charge is -2.15. The molecule has 9 nitrogen and oxygen atoms in total. The molecular formula is C32H25N3O6S. The fourth-order valence-electron chi connectivity index (χ4n) is 4.28. The van der Waals surface area contributed by atoms with Gasteiger partial charge in [-0.2, -0.15) is 0 Å². The molecule has 210 valence electrons. The summed E-state index contributed by atoms with van der Waals surface area (Å²) >= 11 is 1.21. The fourth-order valence-corrected chi connectivity index (χ4v) is 5.39. The first-order valence-corrected chi connectivity index (χ1v) is 13.8. The zero-order chi connectivity index (χ0) is 29.6. The first-order chi connectivity index (χ1) is 20.3. The van der Waals surface area contributed by atoms with Crippen molar-refractivity contribution in [3.8, 4) is 0 Å². The summed E-state index contributed by atoms with van der Waals surface area (Å²) in [4.78, 5) is 65.3. The number of ketones is 1. The van der Waals surface area contributed by atoms with Gasteiger partial charge in [-0.05, 0) is 73.7 Å². The van der Waals surface area contributed by atoms with Crippen LogP contribution in [-0.2, 0) is 14.4 Å². The van der Waals surface area contributed by atoms with E-state index in [1.54, 1.807) is 91.0 Å². The van der Waals surface area contributed by atoms with E-state index in [0.29, 0.717) is 33.2 Å². The van der Waals surface area contributed by atoms with E-state index in [4.69, 9.17) is 4.42 Å². The van der Waals surface area contributed by atoms with Crippen molar-refractivity contribution >= 4 is 58.6 Å². The predicted molar refractivity (Wildman–Crippen MR) is 159 cm³/mol. The maximum atomic E-state index is 13.3. The number of thioether (sulfide) groups is 1. The maximum Gasteiger partial charge on any atom is 0.272 e. The van der Waals surface area contributed by atoms with Gasteiger partial charge in [0.2, 0.25) is 11.8 Å².